The molecule has 0 radical (unpaired) electrons. The first-order valence-corrected chi connectivity index (χ1v) is 9.21. The fourth-order valence-corrected chi connectivity index (χ4v) is 3.58. The summed E-state index contributed by atoms with van der Waals surface area (Å²) in [6.45, 7) is 2.85. The van der Waals surface area contributed by atoms with Gasteiger partial charge in [0.1, 0.15) is 5.75 Å². The summed E-state index contributed by atoms with van der Waals surface area (Å²) in [5.41, 5.74) is -0.202. The van der Waals surface area contributed by atoms with Gasteiger partial charge in [0.2, 0.25) is 5.91 Å². The van der Waals surface area contributed by atoms with E-state index in [0.29, 0.717) is 0 Å². The summed E-state index contributed by atoms with van der Waals surface area (Å²) < 4.78 is 70.7. The highest BCUT2D eigenvalue weighted by Gasteiger charge is 2.32. The van der Waals surface area contributed by atoms with Gasteiger partial charge in [-0.05, 0) is 43.7 Å². The number of nitrogens with one attached hydrogen (secondary N) is 1. The lowest BCUT2D eigenvalue weighted by Crippen LogP contribution is -2.24. The van der Waals surface area contributed by atoms with Crippen molar-refractivity contribution in [2.45, 2.75) is 26.1 Å². The van der Waals surface area contributed by atoms with E-state index in [1.807, 2.05) is 0 Å². The van der Waals surface area contributed by atoms with Gasteiger partial charge in [-0.3, -0.25) is 14.2 Å². The zero-order valence-electron chi connectivity index (χ0n) is 17.0. The fraction of sp³-hybridized carbons (Fsp3) is 0.238. The molecule has 0 saturated carbocycles. The summed E-state index contributed by atoms with van der Waals surface area (Å²) in [4.78, 5) is 25.4. The minimum absolute atomic E-state index is 0.0533. The molecule has 1 heterocycles. The van der Waals surface area contributed by atoms with E-state index in [9.17, 15) is 36.6 Å². The van der Waals surface area contributed by atoms with Gasteiger partial charge in [-0.1, -0.05) is 0 Å². The standard InChI is InChI=1S/C21H17F5N2O4/c1-9(19(30)27-3)15-10(2)28(14-8-13(22)18(29)17(23)16(14)15)20(31)11-4-6-12(7-5-11)32-21(24,25)26/h4-9,29H,1-3H3,(H,27,30)/t9-/m1/s1. The smallest absolute Gasteiger partial charge is 0.503 e. The number of hydrogen-bond donors (Lipinski definition) is 2. The Hall–Kier alpha value is -3.63. The van der Waals surface area contributed by atoms with Crippen LogP contribution in [0.15, 0.2) is 30.3 Å². The average molecular weight is 456 g/mol. The molecule has 170 valence electrons. The first-order chi connectivity index (χ1) is 14.9. The van der Waals surface area contributed by atoms with E-state index >= 15 is 0 Å². The first kappa shape index (κ1) is 23.0. The van der Waals surface area contributed by atoms with Crippen molar-refractivity contribution in [2.24, 2.45) is 0 Å². The van der Waals surface area contributed by atoms with Crippen LogP contribution < -0.4 is 10.1 Å². The summed E-state index contributed by atoms with van der Waals surface area (Å²) in [6, 6.07) is 4.71. The van der Waals surface area contributed by atoms with Crippen LogP contribution >= 0.6 is 0 Å². The Labute approximate surface area is 178 Å². The average Bonchev–Trinajstić information content (AvgIpc) is 3.01. The lowest BCUT2D eigenvalue weighted by molar-refractivity contribution is -0.274. The summed E-state index contributed by atoms with van der Waals surface area (Å²) in [6.07, 6.45) is -4.92. The maximum absolute atomic E-state index is 14.8. The Morgan fingerprint density at radius 1 is 1.16 bits per heavy atom. The largest absolute Gasteiger partial charge is 0.573 e. The molecule has 32 heavy (non-hydrogen) atoms. The predicted molar refractivity (Wildman–Crippen MR) is 104 cm³/mol. The molecular weight excluding hydrogens is 439 g/mol. The predicted octanol–water partition coefficient (Wildman–Crippen LogP) is 4.37. The van der Waals surface area contributed by atoms with E-state index in [-0.39, 0.29) is 27.7 Å². The molecule has 3 rings (SSSR count). The third-order valence-electron chi connectivity index (χ3n) is 5.02. The van der Waals surface area contributed by atoms with Crippen LogP contribution in [0.1, 0.15) is 34.5 Å². The zero-order valence-corrected chi connectivity index (χ0v) is 17.0. The van der Waals surface area contributed by atoms with Crippen molar-refractivity contribution < 1.29 is 41.4 Å². The van der Waals surface area contributed by atoms with Gasteiger partial charge in [-0.2, -0.15) is 0 Å². The van der Waals surface area contributed by atoms with Crippen molar-refractivity contribution in [2.75, 3.05) is 7.05 Å². The number of aromatic nitrogens is 1. The maximum atomic E-state index is 14.8. The van der Waals surface area contributed by atoms with Crippen LogP contribution in [-0.2, 0) is 4.79 Å². The molecule has 2 aromatic carbocycles. The summed E-state index contributed by atoms with van der Waals surface area (Å²) in [5.74, 6) is -6.79. The number of likely N-dealkylation sites (N-methyl/N-ethyl adjacent to an activating group) is 1. The third-order valence-corrected chi connectivity index (χ3v) is 5.02. The van der Waals surface area contributed by atoms with E-state index in [0.717, 1.165) is 34.9 Å². The molecule has 0 unspecified atom stereocenters. The Balaban J connectivity index is 2.21. The van der Waals surface area contributed by atoms with Gasteiger partial charge < -0.3 is 15.2 Å². The molecule has 0 fully saturated rings. The van der Waals surface area contributed by atoms with Gasteiger partial charge in [0.25, 0.3) is 5.91 Å². The highest BCUT2D eigenvalue weighted by atomic mass is 19.4. The van der Waals surface area contributed by atoms with Crippen molar-refractivity contribution in [3.63, 3.8) is 0 Å². The second-order valence-electron chi connectivity index (χ2n) is 6.96. The number of halogens is 5. The van der Waals surface area contributed by atoms with Crippen molar-refractivity contribution in [3.05, 3.63) is 58.8 Å². The Morgan fingerprint density at radius 2 is 1.75 bits per heavy atom. The van der Waals surface area contributed by atoms with Crippen LogP contribution in [0.3, 0.4) is 0 Å². The van der Waals surface area contributed by atoms with Gasteiger partial charge in [0.05, 0.1) is 11.4 Å². The van der Waals surface area contributed by atoms with E-state index in [1.54, 1.807) is 0 Å². The van der Waals surface area contributed by atoms with Crippen molar-refractivity contribution in [3.8, 4) is 11.5 Å². The van der Waals surface area contributed by atoms with E-state index in [2.05, 4.69) is 10.1 Å². The Morgan fingerprint density at radius 3 is 2.28 bits per heavy atom. The molecule has 1 amide bonds. The summed E-state index contributed by atoms with van der Waals surface area (Å²) >= 11 is 0. The Bertz CT molecular complexity index is 1220. The minimum atomic E-state index is -4.92. The SMILES string of the molecule is CNC(=O)[C@H](C)c1c(C)n(C(=O)c2ccc(OC(F)(F)F)cc2)c2cc(F)c(O)c(F)c12. The van der Waals surface area contributed by atoms with Crippen LogP contribution in [0, 0.1) is 18.6 Å². The van der Waals surface area contributed by atoms with E-state index < -0.39 is 47.2 Å². The molecule has 2 N–H and O–H groups in total. The number of nitrogens with zero attached hydrogens (tertiary/aromatic N) is 1. The van der Waals surface area contributed by atoms with Crippen molar-refractivity contribution in [1.29, 1.82) is 0 Å². The number of carbonyl (C=O) groups is 2. The van der Waals surface area contributed by atoms with Gasteiger partial charge >= 0.3 is 6.36 Å². The van der Waals surface area contributed by atoms with Crippen LogP contribution in [-0.4, -0.2) is 34.9 Å². The minimum Gasteiger partial charge on any atom is -0.503 e. The van der Waals surface area contributed by atoms with Gasteiger partial charge in [-0.15, -0.1) is 13.2 Å². The fourth-order valence-electron chi connectivity index (χ4n) is 3.58. The molecular formula is C21H17F5N2O4. The van der Waals surface area contributed by atoms with Crippen LogP contribution in [0.25, 0.3) is 10.9 Å². The molecule has 0 aliphatic rings. The normalized spacial score (nSPS) is 12.6. The van der Waals surface area contributed by atoms with E-state index in [4.69, 9.17) is 0 Å². The molecule has 1 aromatic heterocycles. The van der Waals surface area contributed by atoms with Crippen LogP contribution in [0.5, 0.6) is 11.5 Å². The number of ether oxygens (including phenoxy) is 1. The number of alkyl halides is 3. The highest BCUT2D eigenvalue weighted by Crippen LogP contribution is 2.38. The van der Waals surface area contributed by atoms with Gasteiger partial charge in [0.15, 0.2) is 17.4 Å². The lowest BCUT2D eigenvalue weighted by atomic mass is 9.96. The molecule has 0 bridgehead atoms. The molecule has 6 nitrogen and oxygen atoms in total. The molecule has 1 atom stereocenters. The number of rotatable bonds is 4. The zero-order chi connectivity index (χ0) is 24.0. The third kappa shape index (κ3) is 3.97. The number of hydrogen-bond acceptors (Lipinski definition) is 4. The Kier molecular flexibility index (Phi) is 5.86. The van der Waals surface area contributed by atoms with Gasteiger partial charge in [0, 0.05) is 29.8 Å². The first-order valence-electron chi connectivity index (χ1n) is 9.21. The maximum Gasteiger partial charge on any atom is 0.573 e. The number of fused-ring (bicyclic) bond motifs is 1. The van der Waals surface area contributed by atoms with Crippen LogP contribution in [0.2, 0.25) is 0 Å². The number of phenols is 1. The second-order valence-corrected chi connectivity index (χ2v) is 6.96. The molecule has 0 aliphatic carbocycles. The van der Waals surface area contributed by atoms with Crippen molar-refractivity contribution in [1.82, 2.24) is 9.88 Å². The topological polar surface area (TPSA) is 80.6 Å². The summed E-state index contributed by atoms with van der Waals surface area (Å²) in [5, 5.41) is 11.8. The number of benzene rings is 2. The second kappa shape index (κ2) is 8.13. The summed E-state index contributed by atoms with van der Waals surface area (Å²) in [7, 11) is 1.36. The number of phenolic OH excluding ortho intramolecular Hbond substituents is 1. The molecule has 0 aliphatic heterocycles. The van der Waals surface area contributed by atoms with Gasteiger partial charge in [-0.25, -0.2) is 8.78 Å². The van der Waals surface area contributed by atoms with E-state index in [1.165, 1.54) is 20.9 Å². The number of carbonyl (C=O) groups excluding carboxylic acids is 2. The van der Waals surface area contributed by atoms with Crippen LogP contribution in [0.4, 0.5) is 22.0 Å². The molecule has 3 aromatic rings. The highest BCUT2D eigenvalue weighted by molar-refractivity contribution is 6.05. The molecule has 11 heteroatoms. The molecule has 0 spiro atoms. The van der Waals surface area contributed by atoms with Crippen molar-refractivity contribution >= 4 is 22.7 Å². The monoisotopic (exact) mass is 456 g/mol. The number of amides is 1. The lowest BCUT2D eigenvalue weighted by Gasteiger charge is -2.12. The number of aromatic hydroxyl groups is 1. The quantitative estimate of drug-likeness (QED) is 0.572. The molecule has 0 saturated heterocycles.